The molecule has 0 spiro atoms. The number of hydrogen-bond acceptors (Lipinski definition) is 1. The van der Waals surface area contributed by atoms with Gasteiger partial charge in [0.15, 0.2) is 0 Å². The first-order valence-corrected chi connectivity index (χ1v) is 5.95. The van der Waals surface area contributed by atoms with E-state index in [9.17, 15) is 4.79 Å². The largest absolute Gasteiger partial charge is 0.355 e. The topological polar surface area (TPSA) is 34.0 Å². The summed E-state index contributed by atoms with van der Waals surface area (Å²) in [6.45, 7) is 2.12. The van der Waals surface area contributed by atoms with Gasteiger partial charge in [0.25, 0.3) is 0 Å². The lowest BCUT2D eigenvalue weighted by Crippen LogP contribution is -2.20. The van der Waals surface area contributed by atoms with Crippen molar-refractivity contribution in [2.75, 3.05) is 6.54 Å². The molecule has 0 saturated carbocycles. The summed E-state index contributed by atoms with van der Waals surface area (Å²) in [6.07, 6.45) is 2.71. The van der Waals surface area contributed by atoms with Crippen LogP contribution in [0.4, 0.5) is 0 Å². The van der Waals surface area contributed by atoms with E-state index in [1.807, 2.05) is 19.3 Å². The molecule has 1 N–H and O–H groups in total. The van der Waals surface area contributed by atoms with E-state index in [-0.39, 0.29) is 5.91 Å². The van der Waals surface area contributed by atoms with Gasteiger partial charge in [-0.05, 0) is 24.3 Å². The first kappa shape index (κ1) is 12.3. The molecule has 0 aliphatic carbocycles. The number of carbonyl (C=O) groups excluding carboxylic acids is 1. The SMILES string of the molecule is CC(=O)NCCC#Cc1ccc2c(ccn2C)c1. The fraction of sp³-hybridized carbons (Fsp3) is 0.267. The molecule has 92 valence electrons. The normalized spacial score (nSPS) is 9.89. The average molecular weight is 240 g/mol. The fourth-order valence-corrected chi connectivity index (χ4v) is 1.82. The predicted molar refractivity (Wildman–Crippen MR) is 73.1 cm³/mol. The van der Waals surface area contributed by atoms with E-state index in [1.165, 1.54) is 17.8 Å². The summed E-state index contributed by atoms with van der Waals surface area (Å²) in [5.74, 6) is 6.15. The van der Waals surface area contributed by atoms with Crippen LogP contribution in [-0.4, -0.2) is 17.0 Å². The molecule has 3 heteroatoms. The molecular formula is C15H16N2O. The van der Waals surface area contributed by atoms with Crippen molar-refractivity contribution >= 4 is 16.8 Å². The molecule has 1 aromatic carbocycles. The quantitative estimate of drug-likeness (QED) is 0.632. The Bertz CT molecular complexity index is 629. The van der Waals surface area contributed by atoms with Gasteiger partial charge in [0.05, 0.1) is 0 Å². The predicted octanol–water partition coefficient (Wildman–Crippen LogP) is 2.06. The molecule has 0 radical (unpaired) electrons. The number of fused-ring (bicyclic) bond motifs is 1. The smallest absolute Gasteiger partial charge is 0.216 e. The second kappa shape index (κ2) is 5.42. The van der Waals surface area contributed by atoms with Crippen LogP contribution in [0.3, 0.4) is 0 Å². The van der Waals surface area contributed by atoms with E-state index in [0.717, 1.165) is 5.56 Å². The molecule has 1 heterocycles. The van der Waals surface area contributed by atoms with E-state index in [0.29, 0.717) is 13.0 Å². The maximum atomic E-state index is 10.7. The molecular weight excluding hydrogens is 224 g/mol. The van der Waals surface area contributed by atoms with Gasteiger partial charge in [0.1, 0.15) is 0 Å². The van der Waals surface area contributed by atoms with Crippen LogP contribution in [0.1, 0.15) is 18.9 Å². The van der Waals surface area contributed by atoms with Gasteiger partial charge in [-0.2, -0.15) is 0 Å². The molecule has 2 aromatic rings. The fourth-order valence-electron chi connectivity index (χ4n) is 1.82. The standard InChI is InChI=1S/C15H16N2O/c1-12(18)16-9-4-3-5-13-6-7-15-14(11-13)8-10-17(15)2/h6-8,10-11H,4,9H2,1-2H3,(H,16,18). The minimum Gasteiger partial charge on any atom is -0.355 e. The van der Waals surface area contributed by atoms with Crippen LogP contribution in [0.25, 0.3) is 10.9 Å². The highest BCUT2D eigenvalue weighted by Crippen LogP contribution is 2.15. The lowest BCUT2D eigenvalue weighted by Gasteiger charge is -1.97. The van der Waals surface area contributed by atoms with E-state index in [2.05, 4.69) is 39.9 Å². The lowest BCUT2D eigenvalue weighted by atomic mass is 10.1. The van der Waals surface area contributed by atoms with Gasteiger partial charge in [0.2, 0.25) is 5.91 Å². The monoisotopic (exact) mass is 240 g/mol. The third kappa shape index (κ3) is 2.92. The Morgan fingerprint density at radius 3 is 3.00 bits per heavy atom. The van der Waals surface area contributed by atoms with Crippen molar-refractivity contribution in [2.24, 2.45) is 7.05 Å². The molecule has 2 rings (SSSR count). The lowest BCUT2D eigenvalue weighted by molar-refractivity contribution is -0.118. The van der Waals surface area contributed by atoms with Gasteiger partial charge in [-0.3, -0.25) is 4.79 Å². The van der Waals surface area contributed by atoms with Crippen molar-refractivity contribution in [3.05, 3.63) is 36.0 Å². The summed E-state index contributed by atoms with van der Waals surface area (Å²) in [6, 6.07) is 8.26. The van der Waals surface area contributed by atoms with Crippen molar-refractivity contribution in [3.8, 4) is 11.8 Å². The minimum atomic E-state index is -0.0116. The van der Waals surface area contributed by atoms with Gasteiger partial charge in [-0.1, -0.05) is 11.8 Å². The maximum Gasteiger partial charge on any atom is 0.216 e. The number of hydrogen-bond donors (Lipinski definition) is 1. The van der Waals surface area contributed by atoms with Crippen molar-refractivity contribution in [2.45, 2.75) is 13.3 Å². The van der Waals surface area contributed by atoms with Crippen LogP contribution in [0.2, 0.25) is 0 Å². The number of carbonyl (C=O) groups is 1. The van der Waals surface area contributed by atoms with Gasteiger partial charge >= 0.3 is 0 Å². The highest BCUT2D eigenvalue weighted by Gasteiger charge is 1.97. The Kier molecular flexibility index (Phi) is 3.69. The number of aryl methyl sites for hydroxylation is 1. The first-order chi connectivity index (χ1) is 8.66. The number of nitrogens with zero attached hydrogens (tertiary/aromatic N) is 1. The van der Waals surface area contributed by atoms with Gasteiger partial charge in [-0.15, -0.1) is 0 Å². The molecule has 1 amide bonds. The molecule has 0 aliphatic heterocycles. The Balaban J connectivity index is 2.03. The zero-order valence-electron chi connectivity index (χ0n) is 10.7. The Morgan fingerprint density at radius 2 is 2.22 bits per heavy atom. The molecule has 0 saturated heterocycles. The van der Waals surface area contributed by atoms with Crippen LogP contribution in [0, 0.1) is 11.8 Å². The second-order valence-electron chi connectivity index (χ2n) is 4.23. The summed E-state index contributed by atoms with van der Waals surface area (Å²) in [4.78, 5) is 10.7. The van der Waals surface area contributed by atoms with Crippen LogP contribution in [0.15, 0.2) is 30.5 Å². The summed E-state index contributed by atoms with van der Waals surface area (Å²) in [5.41, 5.74) is 2.22. The Labute approximate surface area is 107 Å². The molecule has 18 heavy (non-hydrogen) atoms. The Morgan fingerprint density at radius 1 is 1.39 bits per heavy atom. The number of nitrogens with one attached hydrogen (secondary N) is 1. The zero-order valence-corrected chi connectivity index (χ0v) is 10.7. The Hall–Kier alpha value is -2.21. The number of amides is 1. The van der Waals surface area contributed by atoms with Crippen molar-refractivity contribution in [1.29, 1.82) is 0 Å². The van der Waals surface area contributed by atoms with Crippen molar-refractivity contribution < 1.29 is 4.79 Å². The number of aromatic nitrogens is 1. The molecule has 0 aliphatic rings. The van der Waals surface area contributed by atoms with Crippen molar-refractivity contribution in [3.63, 3.8) is 0 Å². The first-order valence-electron chi connectivity index (χ1n) is 5.95. The maximum absolute atomic E-state index is 10.7. The molecule has 0 bridgehead atoms. The third-order valence-electron chi connectivity index (χ3n) is 2.74. The molecule has 3 nitrogen and oxygen atoms in total. The molecule has 0 unspecified atom stereocenters. The van der Waals surface area contributed by atoms with E-state index >= 15 is 0 Å². The summed E-state index contributed by atoms with van der Waals surface area (Å²) in [7, 11) is 2.03. The second-order valence-corrected chi connectivity index (χ2v) is 4.23. The third-order valence-corrected chi connectivity index (χ3v) is 2.74. The zero-order chi connectivity index (χ0) is 13.0. The average Bonchev–Trinajstić information content (AvgIpc) is 2.70. The van der Waals surface area contributed by atoms with E-state index in [1.54, 1.807) is 0 Å². The highest BCUT2D eigenvalue weighted by molar-refractivity contribution is 5.81. The van der Waals surface area contributed by atoms with Gasteiger partial charge in [-0.25, -0.2) is 0 Å². The highest BCUT2D eigenvalue weighted by atomic mass is 16.1. The van der Waals surface area contributed by atoms with Crippen LogP contribution in [0.5, 0.6) is 0 Å². The van der Waals surface area contributed by atoms with Gasteiger partial charge < -0.3 is 9.88 Å². The van der Waals surface area contributed by atoms with E-state index < -0.39 is 0 Å². The summed E-state index contributed by atoms with van der Waals surface area (Å²) >= 11 is 0. The van der Waals surface area contributed by atoms with Crippen LogP contribution in [-0.2, 0) is 11.8 Å². The molecule has 1 aromatic heterocycles. The van der Waals surface area contributed by atoms with Crippen LogP contribution >= 0.6 is 0 Å². The number of benzene rings is 1. The summed E-state index contributed by atoms with van der Waals surface area (Å²) in [5, 5.41) is 3.92. The minimum absolute atomic E-state index is 0.0116. The van der Waals surface area contributed by atoms with E-state index in [4.69, 9.17) is 0 Å². The van der Waals surface area contributed by atoms with Gasteiger partial charge in [0, 0.05) is 49.6 Å². The molecule has 0 atom stereocenters. The van der Waals surface area contributed by atoms with Crippen molar-refractivity contribution in [1.82, 2.24) is 9.88 Å². The summed E-state index contributed by atoms with van der Waals surface area (Å²) < 4.78 is 2.09. The van der Waals surface area contributed by atoms with Crippen LogP contribution < -0.4 is 5.32 Å². The number of rotatable bonds is 2. The molecule has 0 fully saturated rings.